The highest BCUT2D eigenvalue weighted by molar-refractivity contribution is 7.89. The first-order chi connectivity index (χ1) is 14.0. The number of hydrogen-bond donors (Lipinski definition) is 0. The van der Waals surface area contributed by atoms with E-state index in [9.17, 15) is 8.42 Å². The van der Waals surface area contributed by atoms with E-state index < -0.39 is 10.0 Å². The predicted molar refractivity (Wildman–Crippen MR) is 117 cm³/mol. The van der Waals surface area contributed by atoms with Gasteiger partial charge in [-0.1, -0.05) is 29.8 Å². The molecular formula is C20H20ClN3O3S2. The number of anilines is 1. The van der Waals surface area contributed by atoms with Gasteiger partial charge in [-0.05, 0) is 30.3 Å². The Hall–Kier alpha value is -2.13. The minimum Gasteiger partial charge on any atom is -0.497 e. The van der Waals surface area contributed by atoms with Gasteiger partial charge in [-0.25, -0.2) is 13.4 Å². The molecule has 2 aromatic carbocycles. The molecule has 0 spiro atoms. The van der Waals surface area contributed by atoms with E-state index in [4.69, 9.17) is 21.3 Å². The zero-order valence-corrected chi connectivity index (χ0v) is 18.2. The van der Waals surface area contributed by atoms with Crippen molar-refractivity contribution in [2.24, 2.45) is 0 Å². The Kier molecular flexibility index (Phi) is 5.78. The highest BCUT2D eigenvalue weighted by atomic mass is 35.5. The van der Waals surface area contributed by atoms with Crippen LogP contribution in [0.2, 0.25) is 5.02 Å². The van der Waals surface area contributed by atoms with Gasteiger partial charge in [-0.2, -0.15) is 4.31 Å². The van der Waals surface area contributed by atoms with Crippen LogP contribution in [0, 0.1) is 0 Å². The summed E-state index contributed by atoms with van der Waals surface area (Å²) in [6.07, 6.45) is 0. The van der Waals surface area contributed by atoms with E-state index in [0.29, 0.717) is 31.2 Å². The first-order valence-corrected chi connectivity index (χ1v) is 11.8. The van der Waals surface area contributed by atoms with Crippen LogP contribution in [0.25, 0.3) is 11.3 Å². The van der Waals surface area contributed by atoms with Crippen LogP contribution in [-0.4, -0.2) is 51.0 Å². The van der Waals surface area contributed by atoms with Gasteiger partial charge in [0, 0.05) is 42.1 Å². The summed E-state index contributed by atoms with van der Waals surface area (Å²) in [5, 5.41) is 3.32. The molecule has 1 aromatic heterocycles. The van der Waals surface area contributed by atoms with Crippen LogP contribution in [0.15, 0.2) is 58.8 Å². The monoisotopic (exact) mass is 449 g/mol. The van der Waals surface area contributed by atoms with Crippen molar-refractivity contribution in [1.29, 1.82) is 0 Å². The van der Waals surface area contributed by atoms with E-state index in [2.05, 4.69) is 4.90 Å². The standard InChI is InChI=1S/C20H20ClN3O3S2/c1-27-17-6-2-4-15(12-17)19-14-28-20(22-19)23-8-10-24(11-9-23)29(25,26)18-7-3-5-16(21)13-18/h2-7,12-14H,8-11H2,1H3. The lowest BCUT2D eigenvalue weighted by atomic mass is 10.2. The van der Waals surface area contributed by atoms with Gasteiger partial charge in [-0.15, -0.1) is 11.3 Å². The van der Waals surface area contributed by atoms with Crippen LogP contribution >= 0.6 is 22.9 Å². The van der Waals surface area contributed by atoms with Gasteiger partial charge in [0.15, 0.2) is 5.13 Å². The predicted octanol–water partition coefficient (Wildman–Crippen LogP) is 3.98. The molecule has 152 valence electrons. The fourth-order valence-electron chi connectivity index (χ4n) is 3.22. The Morgan fingerprint density at radius 3 is 2.55 bits per heavy atom. The van der Waals surface area contributed by atoms with E-state index in [1.165, 1.54) is 10.4 Å². The SMILES string of the molecule is COc1cccc(-c2csc(N3CCN(S(=O)(=O)c4cccc(Cl)c4)CC3)n2)c1. The Labute approximate surface area is 179 Å². The molecular weight excluding hydrogens is 430 g/mol. The second-order valence-electron chi connectivity index (χ2n) is 6.60. The molecule has 1 aliphatic heterocycles. The van der Waals surface area contributed by atoms with Crippen molar-refractivity contribution in [3.63, 3.8) is 0 Å². The summed E-state index contributed by atoms with van der Waals surface area (Å²) in [4.78, 5) is 7.09. The molecule has 0 bridgehead atoms. The number of hydrogen-bond acceptors (Lipinski definition) is 6. The average Bonchev–Trinajstić information content (AvgIpc) is 3.24. The van der Waals surface area contributed by atoms with Crippen LogP contribution in [0.4, 0.5) is 5.13 Å². The van der Waals surface area contributed by atoms with Gasteiger partial charge < -0.3 is 9.64 Å². The first-order valence-electron chi connectivity index (χ1n) is 9.08. The van der Waals surface area contributed by atoms with Crippen LogP contribution in [0.3, 0.4) is 0 Å². The maximum atomic E-state index is 12.9. The second kappa shape index (κ2) is 8.31. The zero-order chi connectivity index (χ0) is 20.4. The van der Waals surface area contributed by atoms with E-state index in [1.54, 1.807) is 36.6 Å². The number of piperazine rings is 1. The number of ether oxygens (including phenoxy) is 1. The number of rotatable bonds is 5. The van der Waals surface area contributed by atoms with E-state index in [0.717, 1.165) is 22.1 Å². The molecule has 1 saturated heterocycles. The molecule has 0 amide bonds. The maximum absolute atomic E-state index is 12.9. The van der Waals surface area contributed by atoms with E-state index >= 15 is 0 Å². The summed E-state index contributed by atoms with van der Waals surface area (Å²) in [5.41, 5.74) is 1.88. The summed E-state index contributed by atoms with van der Waals surface area (Å²) in [6, 6.07) is 14.2. The molecule has 2 heterocycles. The number of nitrogens with zero attached hydrogens (tertiary/aromatic N) is 3. The molecule has 0 unspecified atom stereocenters. The molecule has 4 rings (SSSR count). The molecule has 3 aromatic rings. The third-order valence-electron chi connectivity index (χ3n) is 4.80. The van der Waals surface area contributed by atoms with Crippen LogP contribution in [-0.2, 0) is 10.0 Å². The number of thiazole rings is 1. The lowest BCUT2D eigenvalue weighted by Crippen LogP contribution is -2.48. The fourth-order valence-corrected chi connectivity index (χ4v) is 5.83. The third-order valence-corrected chi connectivity index (χ3v) is 7.83. The van der Waals surface area contributed by atoms with Crippen molar-refractivity contribution in [1.82, 2.24) is 9.29 Å². The summed E-state index contributed by atoms with van der Waals surface area (Å²) in [6.45, 7) is 1.99. The molecule has 6 nitrogen and oxygen atoms in total. The minimum absolute atomic E-state index is 0.230. The smallest absolute Gasteiger partial charge is 0.243 e. The lowest BCUT2D eigenvalue weighted by Gasteiger charge is -2.33. The van der Waals surface area contributed by atoms with Crippen LogP contribution < -0.4 is 9.64 Å². The van der Waals surface area contributed by atoms with Crippen LogP contribution in [0.1, 0.15) is 0 Å². The van der Waals surface area contributed by atoms with E-state index in [1.807, 2.05) is 29.6 Å². The fraction of sp³-hybridized carbons (Fsp3) is 0.250. The summed E-state index contributed by atoms with van der Waals surface area (Å²) in [7, 11) is -1.90. The normalized spacial score (nSPS) is 15.4. The number of sulfonamides is 1. The van der Waals surface area contributed by atoms with E-state index in [-0.39, 0.29) is 4.90 Å². The largest absolute Gasteiger partial charge is 0.497 e. The Bertz CT molecular complexity index is 1110. The topological polar surface area (TPSA) is 62.7 Å². The van der Waals surface area contributed by atoms with Crippen LogP contribution in [0.5, 0.6) is 5.75 Å². The second-order valence-corrected chi connectivity index (χ2v) is 9.81. The van der Waals surface area contributed by atoms with Crippen molar-refractivity contribution >= 4 is 38.1 Å². The molecule has 0 saturated carbocycles. The van der Waals surface area contributed by atoms with Gasteiger partial charge in [-0.3, -0.25) is 0 Å². The van der Waals surface area contributed by atoms with Gasteiger partial charge in [0.05, 0.1) is 17.7 Å². The van der Waals surface area contributed by atoms with Gasteiger partial charge in [0.2, 0.25) is 10.0 Å². The van der Waals surface area contributed by atoms with Crippen molar-refractivity contribution in [3.8, 4) is 17.0 Å². The first kappa shape index (κ1) is 20.2. The van der Waals surface area contributed by atoms with Crippen molar-refractivity contribution < 1.29 is 13.2 Å². The molecule has 1 aliphatic rings. The molecule has 0 N–H and O–H groups in total. The molecule has 0 radical (unpaired) electrons. The molecule has 9 heteroatoms. The quantitative estimate of drug-likeness (QED) is 0.589. The molecule has 1 fully saturated rings. The highest BCUT2D eigenvalue weighted by Gasteiger charge is 2.29. The minimum atomic E-state index is -3.54. The van der Waals surface area contributed by atoms with Crippen molar-refractivity contribution in [3.05, 3.63) is 58.9 Å². The van der Waals surface area contributed by atoms with Gasteiger partial charge in [0.1, 0.15) is 5.75 Å². The Morgan fingerprint density at radius 2 is 1.83 bits per heavy atom. The van der Waals surface area contributed by atoms with Crippen molar-refractivity contribution in [2.75, 3.05) is 38.2 Å². The number of benzene rings is 2. The maximum Gasteiger partial charge on any atom is 0.243 e. The molecule has 0 aliphatic carbocycles. The number of halogens is 1. The number of methoxy groups -OCH3 is 1. The summed E-state index contributed by atoms with van der Waals surface area (Å²) in [5.74, 6) is 0.789. The number of aromatic nitrogens is 1. The average molecular weight is 450 g/mol. The molecule has 0 atom stereocenters. The Balaban J connectivity index is 1.46. The zero-order valence-electron chi connectivity index (χ0n) is 15.8. The third kappa shape index (κ3) is 4.25. The lowest BCUT2D eigenvalue weighted by molar-refractivity contribution is 0.385. The summed E-state index contributed by atoms with van der Waals surface area (Å²) < 4.78 is 32.5. The molecule has 29 heavy (non-hydrogen) atoms. The highest BCUT2D eigenvalue weighted by Crippen LogP contribution is 2.30. The van der Waals surface area contributed by atoms with Gasteiger partial charge >= 0.3 is 0 Å². The van der Waals surface area contributed by atoms with Crippen molar-refractivity contribution in [2.45, 2.75) is 4.90 Å². The summed E-state index contributed by atoms with van der Waals surface area (Å²) >= 11 is 7.52. The Morgan fingerprint density at radius 1 is 1.07 bits per heavy atom. The van der Waals surface area contributed by atoms with Gasteiger partial charge in [0.25, 0.3) is 0 Å².